The van der Waals surface area contributed by atoms with Crippen LogP contribution in [-0.4, -0.2) is 10.9 Å². The van der Waals surface area contributed by atoms with Gasteiger partial charge in [-0.25, -0.2) is 4.98 Å². The summed E-state index contributed by atoms with van der Waals surface area (Å²) in [5.41, 5.74) is 2.44. The number of carbonyl (C=O) groups is 1. The molecular formula is C16H15N3O. The average molecular weight is 265 g/mol. The molecule has 2 rings (SSSR count). The Labute approximate surface area is 118 Å². The fourth-order valence-electron chi connectivity index (χ4n) is 1.86. The Morgan fingerprint density at radius 2 is 2.00 bits per heavy atom. The van der Waals surface area contributed by atoms with Gasteiger partial charge in [-0.15, -0.1) is 0 Å². The van der Waals surface area contributed by atoms with Crippen molar-refractivity contribution in [1.29, 1.82) is 5.26 Å². The highest BCUT2D eigenvalue weighted by atomic mass is 16.1. The van der Waals surface area contributed by atoms with Crippen molar-refractivity contribution in [3.05, 3.63) is 59.4 Å². The van der Waals surface area contributed by atoms with E-state index >= 15 is 0 Å². The maximum absolute atomic E-state index is 12.0. The first-order valence-corrected chi connectivity index (χ1v) is 6.50. The summed E-state index contributed by atoms with van der Waals surface area (Å²) in [4.78, 5) is 16.0. The molecule has 0 atom stereocenters. The third-order valence-corrected chi connectivity index (χ3v) is 2.85. The maximum Gasteiger partial charge on any atom is 0.274 e. The number of hydrogen-bond acceptors (Lipinski definition) is 3. The summed E-state index contributed by atoms with van der Waals surface area (Å²) in [7, 11) is 0. The van der Waals surface area contributed by atoms with Crippen LogP contribution in [0.5, 0.6) is 0 Å². The van der Waals surface area contributed by atoms with Gasteiger partial charge in [-0.3, -0.25) is 4.79 Å². The van der Waals surface area contributed by atoms with Gasteiger partial charge in [0.1, 0.15) is 17.5 Å². The highest BCUT2D eigenvalue weighted by molar-refractivity contribution is 6.02. The van der Waals surface area contributed by atoms with E-state index in [1.165, 1.54) is 5.56 Å². The second-order valence-electron chi connectivity index (χ2n) is 4.42. The fourth-order valence-corrected chi connectivity index (χ4v) is 1.86. The zero-order chi connectivity index (χ0) is 14.4. The van der Waals surface area contributed by atoms with Crippen molar-refractivity contribution in [1.82, 2.24) is 4.98 Å². The molecule has 1 amide bonds. The molecule has 0 aliphatic heterocycles. The number of pyridine rings is 1. The molecule has 100 valence electrons. The molecule has 0 unspecified atom stereocenters. The molecule has 0 saturated carbocycles. The second-order valence-corrected chi connectivity index (χ2v) is 4.42. The molecule has 1 aromatic carbocycles. The topological polar surface area (TPSA) is 65.8 Å². The summed E-state index contributed by atoms with van der Waals surface area (Å²) in [6.45, 7) is 2.13. The van der Waals surface area contributed by atoms with E-state index in [1.54, 1.807) is 18.2 Å². The Bertz CT molecular complexity index is 642. The van der Waals surface area contributed by atoms with E-state index in [0.29, 0.717) is 0 Å². The normalized spacial score (nSPS) is 9.80. The van der Waals surface area contributed by atoms with Crippen LogP contribution in [0.15, 0.2) is 42.5 Å². The van der Waals surface area contributed by atoms with Crippen molar-refractivity contribution in [2.75, 3.05) is 5.32 Å². The molecule has 4 heteroatoms. The monoisotopic (exact) mass is 265 g/mol. The summed E-state index contributed by atoms with van der Waals surface area (Å²) in [5.74, 6) is -0.314. The highest BCUT2D eigenvalue weighted by Gasteiger charge is 2.08. The first kappa shape index (κ1) is 13.8. The molecule has 1 heterocycles. The minimum atomic E-state index is -0.314. The minimum Gasteiger partial charge on any atom is -0.321 e. The predicted octanol–water partition coefficient (Wildman–Crippen LogP) is 3.16. The van der Waals surface area contributed by atoms with E-state index in [-0.39, 0.29) is 17.3 Å². The van der Waals surface area contributed by atoms with Crippen LogP contribution in [0.1, 0.15) is 35.1 Å². The Balaban J connectivity index is 2.09. The average Bonchev–Trinajstić information content (AvgIpc) is 2.49. The third-order valence-electron chi connectivity index (χ3n) is 2.85. The Kier molecular flexibility index (Phi) is 4.46. The number of nitrogens with one attached hydrogen (secondary N) is 1. The third kappa shape index (κ3) is 3.42. The molecule has 1 aromatic heterocycles. The van der Waals surface area contributed by atoms with Crippen LogP contribution in [0.4, 0.5) is 5.69 Å². The van der Waals surface area contributed by atoms with Gasteiger partial charge in [-0.05, 0) is 36.2 Å². The minimum absolute atomic E-state index is 0.232. The number of hydrogen-bond donors (Lipinski definition) is 1. The molecular weight excluding hydrogens is 250 g/mol. The van der Waals surface area contributed by atoms with Gasteiger partial charge >= 0.3 is 0 Å². The molecule has 0 fully saturated rings. The lowest BCUT2D eigenvalue weighted by atomic mass is 10.1. The van der Waals surface area contributed by atoms with Gasteiger partial charge in [0.25, 0.3) is 5.91 Å². The SMILES string of the molecule is CCCc1ccc(NC(=O)c2cccc(C#N)n2)cc1. The highest BCUT2D eigenvalue weighted by Crippen LogP contribution is 2.12. The van der Waals surface area contributed by atoms with E-state index in [2.05, 4.69) is 17.2 Å². The van der Waals surface area contributed by atoms with Gasteiger partial charge in [0, 0.05) is 5.69 Å². The summed E-state index contributed by atoms with van der Waals surface area (Å²) >= 11 is 0. The molecule has 1 N–H and O–H groups in total. The zero-order valence-corrected chi connectivity index (χ0v) is 11.3. The molecule has 0 aliphatic rings. The van der Waals surface area contributed by atoms with Crippen LogP contribution >= 0.6 is 0 Å². The number of amides is 1. The van der Waals surface area contributed by atoms with E-state index < -0.39 is 0 Å². The Hall–Kier alpha value is -2.67. The standard InChI is InChI=1S/C16H15N3O/c1-2-4-12-7-9-13(10-8-12)19-16(20)15-6-3-5-14(11-17)18-15/h3,5-10H,2,4H2,1H3,(H,19,20). The van der Waals surface area contributed by atoms with Crippen molar-refractivity contribution in [3.63, 3.8) is 0 Å². The Morgan fingerprint density at radius 3 is 2.65 bits per heavy atom. The lowest BCUT2D eigenvalue weighted by Crippen LogP contribution is -2.14. The maximum atomic E-state index is 12.0. The summed E-state index contributed by atoms with van der Waals surface area (Å²) in [6, 6.07) is 14.5. The molecule has 20 heavy (non-hydrogen) atoms. The van der Waals surface area contributed by atoms with E-state index in [4.69, 9.17) is 5.26 Å². The quantitative estimate of drug-likeness (QED) is 0.923. The van der Waals surface area contributed by atoms with Crippen LogP contribution in [0, 0.1) is 11.3 Å². The van der Waals surface area contributed by atoms with Gasteiger partial charge < -0.3 is 5.32 Å². The van der Waals surface area contributed by atoms with Crippen LogP contribution in [0.2, 0.25) is 0 Å². The molecule has 0 bridgehead atoms. The summed E-state index contributed by atoms with van der Waals surface area (Å²) in [6.07, 6.45) is 2.12. The number of aromatic nitrogens is 1. The molecule has 2 aromatic rings. The molecule has 4 nitrogen and oxygen atoms in total. The van der Waals surface area contributed by atoms with Gasteiger partial charge in [-0.2, -0.15) is 5.26 Å². The second kappa shape index (κ2) is 6.48. The zero-order valence-electron chi connectivity index (χ0n) is 11.3. The van der Waals surface area contributed by atoms with E-state index in [1.807, 2.05) is 30.3 Å². The number of nitriles is 1. The summed E-state index contributed by atoms with van der Waals surface area (Å²) in [5, 5.41) is 11.5. The Morgan fingerprint density at radius 1 is 1.25 bits per heavy atom. The summed E-state index contributed by atoms with van der Waals surface area (Å²) < 4.78 is 0. The van der Waals surface area contributed by atoms with Gasteiger partial charge in [0.05, 0.1) is 0 Å². The number of aryl methyl sites for hydroxylation is 1. The fraction of sp³-hybridized carbons (Fsp3) is 0.188. The van der Waals surface area contributed by atoms with Gasteiger partial charge in [0.15, 0.2) is 0 Å². The number of carbonyl (C=O) groups excluding carboxylic acids is 1. The number of benzene rings is 1. The van der Waals surface area contributed by atoms with Crippen molar-refractivity contribution in [2.24, 2.45) is 0 Å². The lowest BCUT2D eigenvalue weighted by molar-refractivity contribution is 0.102. The number of rotatable bonds is 4. The van der Waals surface area contributed by atoms with Crippen molar-refractivity contribution >= 4 is 11.6 Å². The molecule has 0 aliphatic carbocycles. The van der Waals surface area contributed by atoms with Crippen molar-refractivity contribution < 1.29 is 4.79 Å². The first-order valence-electron chi connectivity index (χ1n) is 6.50. The van der Waals surface area contributed by atoms with Crippen LogP contribution in [0.25, 0.3) is 0 Å². The molecule has 0 saturated heterocycles. The van der Waals surface area contributed by atoms with Crippen molar-refractivity contribution in [3.8, 4) is 6.07 Å². The van der Waals surface area contributed by atoms with E-state index in [0.717, 1.165) is 18.5 Å². The van der Waals surface area contributed by atoms with Crippen LogP contribution in [-0.2, 0) is 6.42 Å². The largest absolute Gasteiger partial charge is 0.321 e. The van der Waals surface area contributed by atoms with Crippen LogP contribution in [0.3, 0.4) is 0 Å². The van der Waals surface area contributed by atoms with Gasteiger partial charge in [0.2, 0.25) is 0 Å². The molecule has 0 radical (unpaired) electrons. The first-order chi connectivity index (χ1) is 9.72. The van der Waals surface area contributed by atoms with Gasteiger partial charge in [-0.1, -0.05) is 31.5 Å². The number of nitrogens with zero attached hydrogens (tertiary/aromatic N) is 2. The van der Waals surface area contributed by atoms with Crippen LogP contribution < -0.4 is 5.32 Å². The lowest BCUT2D eigenvalue weighted by Gasteiger charge is -2.06. The van der Waals surface area contributed by atoms with Crippen molar-refractivity contribution in [2.45, 2.75) is 19.8 Å². The van der Waals surface area contributed by atoms with E-state index in [9.17, 15) is 4.79 Å². The number of anilines is 1. The predicted molar refractivity (Wildman–Crippen MR) is 77.3 cm³/mol. The molecule has 0 spiro atoms. The smallest absolute Gasteiger partial charge is 0.274 e.